The first kappa shape index (κ1) is 13.1. The zero-order valence-corrected chi connectivity index (χ0v) is 10.9. The van der Waals surface area contributed by atoms with Gasteiger partial charge in [0.25, 0.3) is 0 Å². The highest BCUT2D eigenvalue weighted by Gasteiger charge is 2.16. The summed E-state index contributed by atoms with van der Waals surface area (Å²) in [6, 6.07) is 6.19. The van der Waals surface area contributed by atoms with Crippen LogP contribution in [0, 0.1) is 0 Å². The number of anilines is 1. The van der Waals surface area contributed by atoms with Gasteiger partial charge in [-0.3, -0.25) is 4.79 Å². The van der Waals surface area contributed by atoms with E-state index in [0.717, 1.165) is 30.9 Å². The van der Waals surface area contributed by atoms with Crippen molar-refractivity contribution in [2.45, 2.75) is 25.8 Å². The highest BCUT2D eigenvalue weighted by Crippen LogP contribution is 2.23. The van der Waals surface area contributed by atoms with E-state index in [4.69, 9.17) is 0 Å². The Balaban J connectivity index is 1.74. The molecule has 0 unspecified atom stereocenters. The molecule has 18 heavy (non-hydrogen) atoms. The number of hydrogen-bond donors (Lipinski definition) is 3. The lowest BCUT2D eigenvalue weighted by Gasteiger charge is -2.06. The van der Waals surface area contributed by atoms with E-state index in [1.165, 1.54) is 18.4 Å². The van der Waals surface area contributed by atoms with Crippen molar-refractivity contribution < 1.29 is 4.79 Å². The maximum absolute atomic E-state index is 11.2. The summed E-state index contributed by atoms with van der Waals surface area (Å²) in [5, 5.41) is 9.42. The Morgan fingerprint density at radius 1 is 1.28 bits per heavy atom. The van der Waals surface area contributed by atoms with Gasteiger partial charge >= 0.3 is 0 Å². The van der Waals surface area contributed by atoms with Crippen molar-refractivity contribution in [2.24, 2.45) is 0 Å². The van der Waals surface area contributed by atoms with Crippen LogP contribution < -0.4 is 16.0 Å². The molecule has 0 aliphatic carbocycles. The molecule has 1 heterocycles. The minimum absolute atomic E-state index is 0.0992. The topological polar surface area (TPSA) is 53.2 Å². The molecule has 1 aromatic carbocycles. The molecule has 3 N–H and O–H groups in total. The third-order valence-corrected chi connectivity index (χ3v) is 3.15. The Morgan fingerprint density at radius 3 is 2.94 bits per heavy atom. The third-order valence-electron chi connectivity index (χ3n) is 3.15. The molecule has 98 valence electrons. The number of hydrogen-bond acceptors (Lipinski definition) is 3. The Bertz CT molecular complexity index is 418. The van der Waals surface area contributed by atoms with Crippen LogP contribution in [-0.4, -0.2) is 26.0 Å². The second-order valence-electron chi connectivity index (χ2n) is 4.70. The number of carbonyl (C=O) groups excluding carboxylic acids is 1. The number of nitrogens with one attached hydrogen (secondary N) is 3. The normalized spacial score (nSPS) is 13.5. The summed E-state index contributed by atoms with van der Waals surface area (Å²) in [5.41, 5.74) is 3.34. The minimum Gasteiger partial charge on any atom is -0.326 e. The Morgan fingerprint density at radius 2 is 2.11 bits per heavy atom. The van der Waals surface area contributed by atoms with Crippen LogP contribution in [0.5, 0.6) is 0 Å². The van der Waals surface area contributed by atoms with Crippen molar-refractivity contribution in [3.63, 3.8) is 0 Å². The largest absolute Gasteiger partial charge is 0.326 e. The maximum atomic E-state index is 11.2. The molecule has 0 bridgehead atoms. The molecule has 1 aliphatic rings. The first-order valence-corrected chi connectivity index (χ1v) is 6.56. The van der Waals surface area contributed by atoms with Crippen LogP contribution in [0.1, 0.15) is 24.0 Å². The van der Waals surface area contributed by atoms with Gasteiger partial charge in [-0.1, -0.05) is 12.1 Å². The highest BCUT2D eigenvalue weighted by atomic mass is 16.1. The molecule has 2 rings (SSSR count). The fourth-order valence-electron chi connectivity index (χ4n) is 2.18. The summed E-state index contributed by atoms with van der Waals surface area (Å²) in [4.78, 5) is 11.2. The molecule has 4 heteroatoms. The summed E-state index contributed by atoms with van der Waals surface area (Å²) in [7, 11) is 1.98. The predicted octanol–water partition coefficient (Wildman–Crippen LogP) is 1.27. The molecule has 0 saturated heterocycles. The molecule has 0 radical (unpaired) electrons. The zero-order valence-electron chi connectivity index (χ0n) is 10.9. The van der Waals surface area contributed by atoms with Gasteiger partial charge in [-0.25, -0.2) is 0 Å². The van der Waals surface area contributed by atoms with E-state index in [-0.39, 0.29) is 5.91 Å². The molecule has 4 nitrogen and oxygen atoms in total. The van der Waals surface area contributed by atoms with Gasteiger partial charge in [0.05, 0.1) is 6.42 Å². The number of rotatable bonds is 7. The summed E-state index contributed by atoms with van der Waals surface area (Å²) in [5.74, 6) is 0.0992. The molecule has 0 atom stereocenters. The van der Waals surface area contributed by atoms with E-state index in [1.807, 2.05) is 13.1 Å². The molecule has 1 amide bonds. The molecule has 1 aromatic rings. The second kappa shape index (κ2) is 6.52. The van der Waals surface area contributed by atoms with Crippen LogP contribution in [0.2, 0.25) is 0 Å². The Labute approximate surface area is 108 Å². The van der Waals surface area contributed by atoms with Crippen LogP contribution in [0.15, 0.2) is 18.2 Å². The van der Waals surface area contributed by atoms with E-state index in [2.05, 4.69) is 28.1 Å². The van der Waals surface area contributed by atoms with E-state index in [0.29, 0.717) is 6.42 Å². The Hall–Kier alpha value is -1.39. The maximum Gasteiger partial charge on any atom is 0.228 e. The standard InChI is InChI=1S/C14H21N3O/c1-15-6-2-3-7-16-10-11-4-5-13-12(8-11)9-14(18)17-13/h4-5,8,15-16H,2-3,6-7,9-10H2,1H3,(H,17,18). The van der Waals surface area contributed by atoms with E-state index in [1.54, 1.807) is 0 Å². The fourth-order valence-corrected chi connectivity index (χ4v) is 2.18. The van der Waals surface area contributed by atoms with Crippen molar-refractivity contribution >= 4 is 11.6 Å². The van der Waals surface area contributed by atoms with Gasteiger partial charge in [0, 0.05) is 12.2 Å². The van der Waals surface area contributed by atoms with E-state index in [9.17, 15) is 4.79 Å². The monoisotopic (exact) mass is 247 g/mol. The van der Waals surface area contributed by atoms with Crippen LogP contribution in [-0.2, 0) is 17.8 Å². The fraction of sp³-hybridized carbons (Fsp3) is 0.500. The summed E-state index contributed by atoms with van der Waals surface area (Å²) < 4.78 is 0. The average Bonchev–Trinajstić information content (AvgIpc) is 2.73. The quantitative estimate of drug-likeness (QED) is 0.636. The zero-order chi connectivity index (χ0) is 12.8. The summed E-state index contributed by atoms with van der Waals surface area (Å²) in [6.45, 7) is 2.99. The molecule has 0 fully saturated rings. The third kappa shape index (κ3) is 3.55. The van der Waals surface area contributed by atoms with Gasteiger partial charge in [-0.15, -0.1) is 0 Å². The van der Waals surface area contributed by atoms with Crippen LogP contribution in [0.3, 0.4) is 0 Å². The number of unbranched alkanes of at least 4 members (excludes halogenated alkanes) is 1. The van der Waals surface area contributed by atoms with Gasteiger partial charge in [-0.05, 0) is 50.2 Å². The van der Waals surface area contributed by atoms with Gasteiger partial charge in [0.2, 0.25) is 5.91 Å². The first-order valence-electron chi connectivity index (χ1n) is 6.56. The number of carbonyl (C=O) groups is 1. The minimum atomic E-state index is 0.0992. The van der Waals surface area contributed by atoms with Gasteiger partial charge in [0.1, 0.15) is 0 Å². The molecule has 0 saturated carbocycles. The molecular formula is C14H21N3O. The predicted molar refractivity (Wildman–Crippen MR) is 73.6 cm³/mol. The molecule has 0 spiro atoms. The van der Waals surface area contributed by atoms with Crippen LogP contribution >= 0.6 is 0 Å². The van der Waals surface area contributed by atoms with Gasteiger partial charge < -0.3 is 16.0 Å². The highest BCUT2D eigenvalue weighted by molar-refractivity contribution is 5.99. The smallest absolute Gasteiger partial charge is 0.228 e. The summed E-state index contributed by atoms with van der Waals surface area (Å²) >= 11 is 0. The summed E-state index contributed by atoms with van der Waals surface area (Å²) in [6.07, 6.45) is 2.91. The SMILES string of the molecule is CNCCCCNCc1ccc2c(c1)CC(=O)N2. The average molecular weight is 247 g/mol. The van der Waals surface area contributed by atoms with Gasteiger partial charge in [-0.2, -0.15) is 0 Å². The van der Waals surface area contributed by atoms with Crippen molar-refractivity contribution in [2.75, 3.05) is 25.5 Å². The lowest BCUT2D eigenvalue weighted by atomic mass is 10.1. The van der Waals surface area contributed by atoms with Crippen LogP contribution in [0.4, 0.5) is 5.69 Å². The second-order valence-corrected chi connectivity index (χ2v) is 4.70. The van der Waals surface area contributed by atoms with Crippen LogP contribution in [0.25, 0.3) is 0 Å². The number of fused-ring (bicyclic) bond motifs is 1. The molecular weight excluding hydrogens is 226 g/mol. The van der Waals surface area contributed by atoms with Crippen molar-refractivity contribution in [3.8, 4) is 0 Å². The van der Waals surface area contributed by atoms with E-state index < -0.39 is 0 Å². The van der Waals surface area contributed by atoms with Crippen molar-refractivity contribution in [3.05, 3.63) is 29.3 Å². The van der Waals surface area contributed by atoms with Gasteiger partial charge in [0.15, 0.2) is 0 Å². The number of amides is 1. The first-order chi connectivity index (χ1) is 8.79. The molecule has 0 aromatic heterocycles. The molecule has 1 aliphatic heterocycles. The van der Waals surface area contributed by atoms with Crippen molar-refractivity contribution in [1.29, 1.82) is 0 Å². The lowest BCUT2D eigenvalue weighted by Crippen LogP contribution is -2.16. The van der Waals surface area contributed by atoms with Crippen molar-refractivity contribution in [1.82, 2.24) is 10.6 Å². The Kier molecular flexibility index (Phi) is 4.73. The van der Waals surface area contributed by atoms with E-state index >= 15 is 0 Å². The lowest BCUT2D eigenvalue weighted by molar-refractivity contribution is -0.115. The number of benzene rings is 1.